The van der Waals surface area contributed by atoms with Gasteiger partial charge >= 0.3 is 12.2 Å². The predicted molar refractivity (Wildman–Crippen MR) is 157 cm³/mol. The standard InChI is InChI=1S/C31H32F7N7O2/c1-12-21(31(36,37)38)17(5-18(39)22(12)34)24-23(35)25-20-27(45-10-16-3-4-19(40-16)26(45)13(2)47-28(20)41-24)43-29(42-25)46-11-30-6-14(32)8-44(30)9-15(33)7-30/h5,13-16,19,26,40H,3-4,6-11,39H2,1-2H3/t13-,14+,15+,16+,19-,26+/m0/s1. The van der Waals surface area contributed by atoms with E-state index in [0.29, 0.717) is 12.6 Å². The van der Waals surface area contributed by atoms with Gasteiger partial charge < -0.3 is 25.4 Å². The molecule has 3 N–H and O–H groups in total. The zero-order valence-corrected chi connectivity index (χ0v) is 25.5. The van der Waals surface area contributed by atoms with Gasteiger partial charge in [0.25, 0.3) is 0 Å². The monoisotopic (exact) mass is 667 g/mol. The number of aromatic nitrogens is 3. The summed E-state index contributed by atoms with van der Waals surface area (Å²) in [4.78, 5) is 17.0. The zero-order chi connectivity index (χ0) is 33.2. The number of anilines is 2. The van der Waals surface area contributed by atoms with Gasteiger partial charge in [-0.05, 0) is 38.3 Å². The number of benzene rings is 1. The number of piperazine rings is 1. The highest BCUT2D eigenvalue weighted by Gasteiger charge is 2.53. The summed E-state index contributed by atoms with van der Waals surface area (Å²) < 4.78 is 116. The van der Waals surface area contributed by atoms with Crippen molar-refractivity contribution in [3.8, 4) is 23.1 Å². The Labute approximate surface area is 264 Å². The lowest BCUT2D eigenvalue weighted by Gasteiger charge is -2.42. The minimum atomic E-state index is -5.09. The lowest BCUT2D eigenvalue weighted by atomic mass is 9.94. The molecule has 3 aromatic rings. The molecule has 0 aliphatic carbocycles. The van der Waals surface area contributed by atoms with Gasteiger partial charge in [0, 0.05) is 50.1 Å². The van der Waals surface area contributed by atoms with Gasteiger partial charge in [-0.1, -0.05) is 0 Å². The van der Waals surface area contributed by atoms with Crippen LogP contribution in [0.5, 0.6) is 11.9 Å². The van der Waals surface area contributed by atoms with Crippen LogP contribution in [-0.2, 0) is 6.18 Å². The minimum absolute atomic E-state index is 0.0273. The van der Waals surface area contributed by atoms with Gasteiger partial charge in [-0.15, -0.1) is 0 Å². The molecule has 16 heteroatoms. The second-order valence-corrected chi connectivity index (χ2v) is 13.5. The average molecular weight is 668 g/mol. The average Bonchev–Trinajstić information content (AvgIpc) is 3.59. The molecule has 0 amide bonds. The van der Waals surface area contributed by atoms with E-state index < -0.39 is 75.4 Å². The molecule has 9 nitrogen and oxygen atoms in total. The topological polar surface area (TPSA) is 102 Å². The van der Waals surface area contributed by atoms with Crippen LogP contribution < -0.4 is 25.4 Å². The number of halogens is 7. The van der Waals surface area contributed by atoms with Crippen molar-refractivity contribution in [3.05, 3.63) is 28.8 Å². The van der Waals surface area contributed by atoms with Crippen molar-refractivity contribution in [3.63, 3.8) is 0 Å². The zero-order valence-electron chi connectivity index (χ0n) is 25.5. The first-order valence-electron chi connectivity index (χ1n) is 15.7. The third-order valence-electron chi connectivity index (χ3n) is 10.5. The van der Waals surface area contributed by atoms with E-state index >= 15 is 4.39 Å². The summed E-state index contributed by atoms with van der Waals surface area (Å²) in [6.45, 7) is 3.11. The Kier molecular flexibility index (Phi) is 6.80. The summed E-state index contributed by atoms with van der Waals surface area (Å²) in [7, 11) is 0. The first kappa shape index (κ1) is 30.7. The maximum absolute atomic E-state index is 16.8. The van der Waals surface area contributed by atoms with Crippen molar-refractivity contribution >= 4 is 22.4 Å². The molecule has 4 fully saturated rings. The van der Waals surface area contributed by atoms with E-state index in [2.05, 4.69) is 20.3 Å². The smallest absolute Gasteiger partial charge is 0.417 e. The van der Waals surface area contributed by atoms with Crippen LogP contribution in [0.4, 0.5) is 42.2 Å². The number of pyridine rings is 1. The fourth-order valence-electron chi connectivity index (χ4n) is 8.55. The quantitative estimate of drug-likeness (QED) is 0.298. The predicted octanol–water partition coefficient (Wildman–Crippen LogP) is 4.87. The Morgan fingerprint density at radius 1 is 1.06 bits per heavy atom. The highest BCUT2D eigenvalue weighted by atomic mass is 19.4. The Bertz CT molecular complexity index is 1780. The largest absolute Gasteiger partial charge is 0.472 e. The summed E-state index contributed by atoms with van der Waals surface area (Å²) in [6.07, 6.45) is -6.21. The number of hydrogen-bond donors (Lipinski definition) is 2. The molecule has 0 unspecified atom stereocenters. The van der Waals surface area contributed by atoms with E-state index in [-0.39, 0.29) is 73.8 Å². The molecular weight excluding hydrogens is 635 g/mol. The lowest BCUT2D eigenvalue weighted by Crippen LogP contribution is -2.62. The number of nitrogen functional groups attached to an aromatic ring is 1. The molecule has 4 saturated heterocycles. The number of nitrogens with zero attached hydrogens (tertiary/aromatic N) is 5. The summed E-state index contributed by atoms with van der Waals surface area (Å²) in [5, 5.41) is 3.61. The van der Waals surface area contributed by atoms with Crippen molar-refractivity contribution in [2.45, 2.75) is 87.8 Å². The number of ether oxygens (including phenoxy) is 2. The van der Waals surface area contributed by atoms with E-state index in [0.717, 1.165) is 19.8 Å². The molecule has 47 heavy (non-hydrogen) atoms. The third-order valence-corrected chi connectivity index (χ3v) is 10.5. The highest BCUT2D eigenvalue weighted by molar-refractivity contribution is 5.97. The fraction of sp³-hybridized carbons (Fsp3) is 0.581. The Balaban J connectivity index is 1.33. The van der Waals surface area contributed by atoms with Gasteiger partial charge in [0.1, 0.15) is 53.3 Å². The van der Waals surface area contributed by atoms with Crippen molar-refractivity contribution in [1.29, 1.82) is 0 Å². The fourth-order valence-corrected chi connectivity index (χ4v) is 8.55. The molecule has 5 aliphatic heterocycles. The number of hydrogen-bond acceptors (Lipinski definition) is 9. The van der Waals surface area contributed by atoms with Crippen LogP contribution in [0.15, 0.2) is 6.07 Å². The van der Waals surface area contributed by atoms with Gasteiger partial charge in [-0.3, -0.25) is 4.90 Å². The van der Waals surface area contributed by atoms with Crippen LogP contribution in [0.25, 0.3) is 22.2 Å². The molecule has 0 saturated carbocycles. The highest BCUT2D eigenvalue weighted by Crippen LogP contribution is 2.48. The van der Waals surface area contributed by atoms with E-state index in [1.54, 1.807) is 11.8 Å². The molecule has 8 rings (SSSR count). The maximum Gasteiger partial charge on any atom is 0.417 e. The molecule has 0 radical (unpaired) electrons. The van der Waals surface area contributed by atoms with E-state index in [9.17, 15) is 26.3 Å². The number of alkyl halides is 5. The van der Waals surface area contributed by atoms with E-state index in [1.165, 1.54) is 0 Å². The van der Waals surface area contributed by atoms with E-state index in [1.807, 2.05) is 4.90 Å². The van der Waals surface area contributed by atoms with Gasteiger partial charge in [0.15, 0.2) is 5.82 Å². The van der Waals surface area contributed by atoms with Crippen molar-refractivity contribution in [1.82, 2.24) is 25.2 Å². The molecule has 2 aromatic heterocycles. The summed E-state index contributed by atoms with van der Waals surface area (Å²) in [6, 6.07) is 0.158. The molecule has 0 spiro atoms. The van der Waals surface area contributed by atoms with Gasteiger partial charge in [0.05, 0.1) is 22.8 Å². The first-order valence-corrected chi connectivity index (χ1v) is 15.7. The second kappa shape index (κ2) is 10.4. The Hall–Kier alpha value is -3.66. The van der Waals surface area contributed by atoms with E-state index in [4.69, 9.17) is 15.2 Å². The maximum atomic E-state index is 16.8. The number of rotatable bonds is 4. The van der Waals surface area contributed by atoms with Gasteiger partial charge in [0.2, 0.25) is 5.88 Å². The molecular formula is C31H32F7N7O2. The molecule has 7 heterocycles. The second-order valence-electron chi connectivity index (χ2n) is 13.5. The Morgan fingerprint density at radius 3 is 2.49 bits per heavy atom. The summed E-state index contributed by atoms with van der Waals surface area (Å²) >= 11 is 0. The molecule has 6 atom stereocenters. The number of nitrogens with one attached hydrogen (secondary N) is 1. The van der Waals surface area contributed by atoms with Crippen LogP contribution in [0, 0.1) is 18.6 Å². The molecule has 2 bridgehead atoms. The number of fused-ring (bicyclic) bond motifs is 6. The molecule has 1 aromatic carbocycles. The lowest BCUT2D eigenvalue weighted by molar-refractivity contribution is -0.137. The van der Waals surface area contributed by atoms with Crippen LogP contribution >= 0.6 is 0 Å². The van der Waals surface area contributed by atoms with Crippen LogP contribution in [0.1, 0.15) is 43.7 Å². The molecule has 5 aliphatic rings. The number of nitrogens with two attached hydrogens (primary N) is 1. The van der Waals surface area contributed by atoms with Crippen LogP contribution in [0.2, 0.25) is 0 Å². The van der Waals surface area contributed by atoms with Gasteiger partial charge in [-0.25, -0.2) is 22.5 Å². The Morgan fingerprint density at radius 2 is 1.79 bits per heavy atom. The SMILES string of the molecule is Cc1c(F)c(N)cc(-c2nc3c4c(nc(OCC56C[C@@H](F)CN5C[C@H](F)C6)nc4c2F)N2C[C@H]4CC[C@H](N4)[C@H]2[C@H](C)O3)c1C(F)(F)F. The van der Waals surface area contributed by atoms with Crippen molar-refractivity contribution in [2.24, 2.45) is 0 Å². The van der Waals surface area contributed by atoms with Crippen molar-refractivity contribution in [2.75, 3.05) is 36.9 Å². The first-order chi connectivity index (χ1) is 22.2. The summed E-state index contributed by atoms with van der Waals surface area (Å²) in [5.74, 6) is -2.48. The third kappa shape index (κ3) is 4.68. The van der Waals surface area contributed by atoms with Crippen LogP contribution in [-0.4, -0.2) is 88.2 Å². The van der Waals surface area contributed by atoms with Gasteiger partial charge in [-0.2, -0.15) is 23.1 Å². The minimum Gasteiger partial charge on any atom is -0.472 e. The normalized spacial score (nSPS) is 29.5. The summed E-state index contributed by atoms with van der Waals surface area (Å²) in [5.41, 5.74) is -0.0444. The molecule has 252 valence electrons. The van der Waals surface area contributed by atoms with Crippen LogP contribution in [0.3, 0.4) is 0 Å². The van der Waals surface area contributed by atoms with Crippen molar-refractivity contribution < 1.29 is 40.2 Å².